The molecule has 6 nitrogen and oxygen atoms in total. The molecule has 3 rings (SSSR count). The highest BCUT2D eigenvalue weighted by atomic mass is 32.2. The summed E-state index contributed by atoms with van der Waals surface area (Å²) in [6.07, 6.45) is 2.21. The van der Waals surface area contributed by atoms with E-state index in [0.29, 0.717) is 25.3 Å². The molecule has 2 heterocycles. The van der Waals surface area contributed by atoms with Gasteiger partial charge >= 0.3 is 0 Å². The van der Waals surface area contributed by atoms with E-state index in [1.807, 2.05) is 24.4 Å². The Bertz CT molecular complexity index is 939. The average Bonchev–Trinajstić information content (AvgIpc) is 3.10. The molecular formula is C18H19N3O3S2. The van der Waals surface area contributed by atoms with E-state index in [4.69, 9.17) is 4.74 Å². The van der Waals surface area contributed by atoms with Gasteiger partial charge in [-0.05, 0) is 31.2 Å². The van der Waals surface area contributed by atoms with E-state index in [9.17, 15) is 8.42 Å². The van der Waals surface area contributed by atoms with Crippen molar-refractivity contribution in [3.05, 3.63) is 70.4 Å². The third-order valence-electron chi connectivity index (χ3n) is 3.57. The zero-order valence-electron chi connectivity index (χ0n) is 14.3. The highest BCUT2D eigenvalue weighted by Crippen LogP contribution is 2.15. The van der Waals surface area contributed by atoms with Crippen LogP contribution in [0.1, 0.15) is 16.4 Å². The Labute approximate surface area is 157 Å². The van der Waals surface area contributed by atoms with Gasteiger partial charge < -0.3 is 4.74 Å². The molecule has 136 valence electrons. The maximum absolute atomic E-state index is 12.2. The smallest absolute Gasteiger partial charge is 0.240 e. The van der Waals surface area contributed by atoms with Crippen molar-refractivity contribution in [2.24, 2.45) is 0 Å². The fourth-order valence-corrected chi connectivity index (χ4v) is 4.00. The van der Waals surface area contributed by atoms with Crippen molar-refractivity contribution in [3.8, 4) is 5.75 Å². The summed E-state index contributed by atoms with van der Waals surface area (Å²) in [6, 6.07) is 12.1. The molecule has 0 aliphatic rings. The molecule has 26 heavy (non-hydrogen) atoms. The second-order valence-corrected chi connectivity index (χ2v) is 8.33. The molecule has 0 spiro atoms. The first-order valence-electron chi connectivity index (χ1n) is 8.06. The number of hydrogen-bond donors (Lipinski definition) is 1. The molecule has 0 fully saturated rings. The fraction of sp³-hybridized carbons (Fsp3) is 0.222. The first kappa shape index (κ1) is 18.5. The molecule has 1 N–H and O–H groups in total. The lowest BCUT2D eigenvalue weighted by atomic mass is 10.3. The van der Waals surface area contributed by atoms with Gasteiger partial charge in [0.05, 0.1) is 16.8 Å². The van der Waals surface area contributed by atoms with Crippen molar-refractivity contribution in [2.45, 2.75) is 24.8 Å². The first-order chi connectivity index (χ1) is 12.5. The number of rotatable bonds is 8. The standard InChI is InChI=1S/C18H19N3O3S2/c1-14-7-8-16(11-19-14)24-12-18-21-15(13-25-18)9-10-20-26(22,23)17-5-3-2-4-6-17/h2-8,11,13,20H,9-10,12H2,1H3. The highest BCUT2D eigenvalue weighted by molar-refractivity contribution is 7.89. The lowest BCUT2D eigenvalue weighted by Crippen LogP contribution is -2.26. The predicted molar refractivity (Wildman–Crippen MR) is 101 cm³/mol. The Balaban J connectivity index is 1.48. The Hall–Kier alpha value is -2.29. The summed E-state index contributed by atoms with van der Waals surface area (Å²) in [6.45, 7) is 2.58. The van der Waals surface area contributed by atoms with Gasteiger partial charge in [0, 0.05) is 24.0 Å². The van der Waals surface area contributed by atoms with Crippen LogP contribution in [-0.4, -0.2) is 24.9 Å². The summed E-state index contributed by atoms with van der Waals surface area (Å²) in [5.41, 5.74) is 1.78. The van der Waals surface area contributed by atoms with E-state index in [-0.39, 0.29) is 4.90 Å². The zero-order valence-corrected chi connectivity index (χ0v) is 15.9. The molecule has 0 atom stereocenters. The second kappa shape index (κ2) is 8.39. The average molecular weight is 390 g/mol. The molecule has 8 heteroatoms. The molecule has 0 saturated heterocycles. The quantitative estimate of drug-likeness (QED) is 0.641. The Morgan fingerprint density at radius 2 is 1.96 bits per heavy atom. The van der Waals surface area contributed by atoms with Crippen LogP contribution in [0.15, 0.2) is 58.9 Å². The molecule has 0 amide bonds. The van der Waals surface area contributed by atoms with Gasteiger partial charge in [-0.25, -0.2) is 18.1 Å². The van der Waals surface area contributed by atoms with Gasteiger partial charge in [-0.15, -0.1) is 11.3 Å². The van der Waals surface area contributed by atoms with Crippen LogP contribution in [-0.2, 0) is 23.1 Å². The van der Waals surface area contributed by atoms with Crippen molar-refractivity contribution in [1.29, 1.82) is 0 Å². The maximum Gasteiger partial charge on any atom is 0.240 e. The predicted octanol–water partition coefficient (Wildman–Crippen LogP) is 2.95. The van der Waals surface area contributed by atoms with E-state index in [1.165, 1.54) is 11.3 Å². The van der Waals surface area contributed by atoms with Gasteiger partial charge in [0.25, 0.3) is 0 Å². The van der Waals surface area contributed by atoms with E-state index in [2.05, 4.69) is 14.7 Å². The number of aryl methyl sites for hydroxylation is 1. The summed E-state index contributed by atoms with van der Waals surface area (Å²) < 4.78 is 32.6. The molecule has 0 aliphatic carbocycles. The fourth-order valence-electron chi connectivity index (χ4n) is 2.21. The molecule has 0 bridgehead atoms. The lowest BCUT2D eigenvalue weighted by molar-refractivity contribution is 0.304. The van der Waals surface area contributed by atoms with Crippen molar-refractivity contribution < 1.29 is 13.2 Å². The second-order valence-electron chi connectivity index (χ2n) is 5.62. The third-order valence-corrected chi connectivity index (χ3v) is 5.92. The van der Waals surface area contributed by atoms with Gasteiger partial charge in [0.2, 0.25) is 10.0 Å². The van der Waals surface area contributed by atoms with Crippen molar-refractivity contribution in [1.82, 2.24) is 14.7 Å². The van der Waals surface area contributed by atoms with Gasteiger partial charge in [-0.2, -0.15) is 0 Å². The van der Waals surface area contributed by atoms with E-state index >= 15 is 0 Å². The summed E-state index contributed by atoms with van der Waals surface area (Å²) in [5.74, 6) is 0.697. The summed E-state index contributed by atoms with van der Waals surface area (Å²) in [4.78, 5) is 8.91. The largest absolute Gasteiger partial charge is 0.485 e. The highest BCUT2D eigenvalue weighted by Gasteiger charge is 2.12. The van der Waals surface area contributed by atoms with Crippen LogP contribution >= 0.6 is 11.3 Å². The van der Waals surface area contributed by atoms with Gasteiger partial charge in [-0.3, -0.25) is 4.98 Å². The number of thiazole rings is 1. The Morgan fingerprint density at radius 1 is 1.15 bits per heavy atom. The number of pyridine rings is 1. The number of ether oxygens (including phenoxy) is 1. The topological polar surface area (TPSA) is 81.2 Å². The van der Waals surface area contributed by atoms with Crippen LogP contribution in [0.4, 0.5) is 0 Å². The van der Waals surface area contributed by atoms with Crippen LogP contribution in [0.3, 0.4) is 0 Å². The maximum atomic E-state index is 12.2. The first-order valence-corrected chi connectivity index (χ1v) is 10.4. The minimum Gasteiger partial charge on any atom is -0.485 e. The number of hydrogen-bond acceptors (Lipinski definition) is 6. The number of benzene rings is 1. The van der Waals surface area contributed by atoms with E-state index in [0.717, 1.165) is 16.4 Å². The minimum atomic E-state index is -3.48. The van der Waals surface area contributed by atoms with Crippen molar-refractivity contribution >= 4 is 21.4 Å². The number of aromatic nitrogens is 2. The molecule has 0 radical (unpaired) electrons. The zero-order chi connectivity index (χ0) is 18.4. The Kier molecular flexibility index (Phi) is 5.97. The van der Waals surface area contributed by atoms with Gasteiger partial charge in [-0.1, -0.05) is 18.2 Å². The van der Waals surface area contributed by atoms with Crippen LogP contribution in [0, 0.1) is 6.92 Å². The molecule has 0 aliphatic heterocycles. The van der Waals surface area contributed by atoms with Gasteiger partial charge in [0.15, 0.2) is 0 Å². The van der Waals surface area contributed by atoms with Crippen LogP contribution in [0.5, 0.6) is 5.75 Å². The van der Waals surface area contributed by atoms with Crippen LogP contribution in [0.25, 0.3) is 0 Å². The van der Waals surface area contributed by atoms with E-state index < -0.39 is 10.0 Å². The Morgan fingerprint density at radius 3 is 2.69 bits per heavy atom. The lowest BCUT2D eigenvalue weighted by Gasteiger charge is -2.05. The third kappa shape index (κ3) is 5.10. The molecular weight excluding hydrogens is 370 g/mol. The van der Waals surface area contributed by atoms with Gasteiger partial charge in [0.1, 0.15) is 17.4 Å². The monoisotopic (exact) mass is 389 g/mol. The molecule has 1 aromatic carbocycles. The molecule has 0 unspecified atom stereocenters. The SMILES string of the molecule is Cc1ccc(OCc2nc(CCNS(=O)(=O)c3ccccc3)cs2)cn1. The minimum absolute atomic E-state index is 0.263. The normalized spacial score (nSPS) is 11.4. The van der Waals surface area contributed by atoms with Crippen LogP contribution in [0.2, 0.25) is 0 Å². The molecule has 3 aromatic rings. The van der Waals surface area contributed by atoms with Crippen molar-refractivity contribution in [3.63, 3.8) is 0 Å². The van der Waals surface area contributed by atoms with Crippen LogP contribution < -0.4 is 9.46 Å². The number of nitrogens with one attached hydrogen (secondary N) is 1. The van der Waals surface area contributed by atoms with E-state index in [1.54, 1.807) is 36.5 Å². The van der Waals surface area contributed by atoms with Crippen molar-refractivity contribution in [2.75, 3.05) is 6.54 Å². The summed E-state index contributed by atoms with van der Waals surface area (Å²) >= 11 is 1.49. The summed E-state index contributed by atoms with van der Waals surface area (Å²) in [5, 5.41) is 2.76. The summed E-state index contributed by atoms with van der Waals surface area (Å²) in [7, 11) is -3.48. The number of sulfonamides is 1. The number of nitrogens with zero attached hydrogens (tertiary/aromatic N) is 2. The molecule has 2 aromatic heterocycles. The molecule has 0 saturated carbocycles.